The van der Waals surface area contributed by atoms with Crippen molar-refractivity contribution in [2.24, 2.45) is 5.92 Å². The number of ether oxygens (including phenoxy) is 3. The van der Waals surface area contributed by atoms with Gasteiger partial charge in [0, 0.05) is 7.11 Å². The second-order valence-corrected chi connectivity index (χ2v) is 10.5. The Hall–Kier alpha value is -0.710. The predicted molar refractivity (Wildman–Crippen MR) is 101 cm³/mol. The van der Waals surface area contributed by atoms with Crippen LogP contribution in [0.5, 0.6) is 0 Å². The van der Waals surface area contributed by atoms with Gasteiger partial charge >= 0.3 is 13.9 Å². The normalized spacial score (nSPS) is 27.5. The van der Waals surface area contributed by atoms with Crippen LogP contribution in [0, 0.1) is 5.92 Å². The molecule has 1 saturated heterocycles. The number of carbonyl (C=O) groups excluding carboxylic acids is 1. The van der Waals surface area contributed by atoms with Crippen molar-refractivity contribution in [3.05, 3.63) is 0 Å². The number of amides is 1. The lowest BCUT2D eigenvalue weighted by Crippen LogP contribution is -2.50. The molecule has 0 bridgehead atoms. The molecule has 150 valence electrons. The Morgan fingerprint density at radius 3 is 2.38 bits per heavy atom. The lowest BCUT2D eigenvalue weighted by atomic mass is 9.84. The summed E-state index contributed by atoms with van der Waals surface area (Å²) in [5, 5.41) is 0. The van der Waals surface area contributed by atoms with Crippen molar-refractivity contribution in [2.75, 3.05) is 13.5 Å². The molecule has 0 aromatic rings. The standard InChI is InChI=1S/C19H35NO5P/c1-18(2,3)25-17(21)20-15(12-14-10-8-7-9-11-14)16(24-19(20,4)5)26(22)13-23-6/h14-16H,7-13H2,1-6H3/q+1. The van der Waals surface area contributed by atoms with Gasteiger partial charge in [-0.2, -0.15) is 0 Å². The topological polar surface area (TPSA) is 65.1 Å². The summed E-state index contributed by atoms with van der Waals surface area (Å²) in [6.07, 6.45) is 6.59. The molecule has 1 aliphatic heterocycles. The monoisotopic (exact) mass is 388 g/mol. The molecule has 2 aliphatic rings. The summed E-state index contributed by atoms with van der Waals surface area (Å²) >= 11 is 0. The van der Waals surface area contributed by atoms with E-state index in [1.54, 1.807) is 4.90 Å². The second kappa shape index (κ2) is 8.53. The third-order valence-corrected chi connectivity index (χ3v) is 6.61. The highest BCUT2D eigenvalue weighted by molar-refractivity contribution is 7.45. The van der Waals surface area contributed by atoms with Gasteiger partial charge in [-0.1, -0.05) is 36.7 Å². The van der Waals surface area contributed by atoms with Crippen LogP contribution in [-0.4, -0.2) is 47.7 Å². The highest BCUT2D eigenvalue weighted by Crippen LogP contribution is 2.47. The van der Waals surface area contributed by atoms with Gasteiger partial charge in [0.05, 0.1) is 0 Å². The van der Waals surface area contributed by atoms with E-state index in [1.165, 1.54) is 26.4 Å². The third-order valence-electron chi connectivity index (χ3n) is 5.08. The Labute approximate surface area is 158 Å². The van der Waals surface area contributed by atoms with Gasteiger partial charge in [-0.25, -0.2) is 4.79 Å². The molecule has 1 saturated carbocycles. The maximum Gasteiger partial charge on any atom is 0.413 e. The van der Waals surface area contributed by atoms with Crippen LogP contribution in [0.1, 0.15) is 73.1 Å². The third kappa shape index (κ3) is 5.40. The lowest BCUT2D eigenvalue weighted by molar-refractivity contribution is -0.0681. The molecule has 7 heteroatoms. The Morgan fingerprint density at radius 2 is 1.85 bits per heavy atom. The number of rotatable bonds is 5. The van der Waals surface area contributed by atoms with Crippen molar-refractivity contribution in [1.29, 1.82) is 0 Å². The molecule has 26 heavy (non-hydrogen) atoms. The van der Waals surface area contributed by atoms with Crippen LogP contribution in [0.15, 0.2) is 0 Å². The van der Waals surface area contributed by atoms with Crippen LogP contribution < -0.4 is 0 Å². The molecular weight excluding hydrogens is 353 g/mol. The van der Waals surface area contributed by atoms with E-state index in [2.05, 4.69) is 0 Å². The molecule has 2 fully saturated rings. The summed E-state index contributed by atoms with van der Waals surface area (Å²) in [7, 11) is -0.198. The molecule has 1 aliphatic carbocycles. The molecule has 0 aromatic heterocycles. The molecule has 3 atom stereocenters. The zero-order valence-corrected chi connectivity index (χ0v) is 18.0. The lowest BCUT2D eigenvalue weighted by Gasteiger charge is -2.35. The zero-order valence-electron chi connectivity index (χ0n) is 17.1. The van der Waals surface area contributed by atoms with Crippen molar-refractivity contribution in [1.82, 2.24) is 4.90 Å². The first-order valence-electron chi connectivity index (χ1n) is 9.68. The van der Waals surface area contributed by atoms with Gasteiger partial charge in [0.25, 0.3) is 5.85 Å². The van der Waals surface area contributed by atoms with Gasteiger partial charge in [0.15, 0.2) is 0 Å². The van der Waals surface area contributed by atoms with Crippen molar-refractivity contribution in [3.63, 3.8) is 0 Å². The Kier molecular flexibility index (Phi) is 7.09. The van der Waals surface area contributed by atoms with Gasteiger partial charge in [-0.05, 0) is 47.0 Å². The molecular formula is C19H35NO5P+. The van der Waals surface area contributed by atoms with E-state index in [-0.39, 0.29) is 12.4 Å². The summed E-state index contributed by atoms with van der Waals surface area (Å²) in [6, 6.07) is -0.248. The number of hydrogen-bond donors (Lipinski definition) is 0. The number of hydrogen-bond acceptors (Lipinski definition) is 5. The van der Waals surface area contributed by atoms with Gasteiger partial charge in [0.1, 0.15) is 17.4 Å². The van der Waals surface area contributed by atoms with Crippen LogP contribution in [0.25, 0.3) is 0 Å². The van der Waals surface area contributed by atoms with Gasteiger partial charge < -0.3 is 14.2 Å². The van der Waals surface area contributed by atoms with Crippen molar-refractivity contribution >= 4 is 13.9 Å². The summed E-state index contributed by atoms with van der Waals surface area (Å²) in [4.78, 5) is 14.6. The average molecular weight is 388 g/mol. The Bertz CT molecular complexity index is 511. The van der Waals surface area contributed by atoms with E-state index in [4.69, 9.17) is 14.2 Å². The van der Waals surface area contributed by atoms with Crippen LogP contribution in [0.4, 0.5) is 4.79 Å². The molecule has 2 rings (SSSR count). The minimum Gasteiger partial charge on any atom is -0.444 e. The summed E-state index contributed by atoms with van der Waals surface area (Å²) in [6.45, 7) is 9.26. The molecule has 1 heterocycles. The van der Waals surface area contributed by atoms with Crippen molar-refractivity contribution in [2.45, 2.75) is 96.4 Å². The first kappa shape index (κ1) is 21.6. The van der Waals surface area contributed by atoms with Crippen molar-refractivity contribution < 1.29 is 23.6 Å². The highest BCUT2D eigenvalue weighted by Gasteiger charge is 2.58. The van der Waals surface area contributed by atoms with Gasteiger partial charge in [0.2, 0.25) is 6.35 Å². The summed E-state index contributed by atoms with van der Waals surface area (Å²) in [5.41, 5.74) is -1.44. The van der Waals surface area contributed by atoms with E-state index in [9.17, 15) is 9.36 Å². The van der Waals surface area contributed by atoms with Crippen LogP contribution >= 0.6 is 7.80 Å². The average Bonchev–Trinajstić information content (AvgIpc) is 2.78. The number of carbonyl (C=O) groups is 1. The molecule has 0 spiro atoms. The van der Waals surface area contributed by atoms with Gasteiger partial charge in [-0.15, -0.1) is 0 Å². The zero-order chi connectivity index (χ0) is 19.5. The van der Waals surface area contributed by atoms with E-state index in [1.807, 2.05) is 34.6 Å². The minimum absolute atomic E-state index is 0.138. The van der Waals surface area contributed by atoms with Crippen LogP contribution in [0.2, 0.25) is 0 Å². The summed E-state index contributed by atoms with van der Waals surface area (Å²) < 4.78 is 29.6. The number of nitrogens with zero attached hydrogens (tertiary/aromatic N) is 1. The van der Waals surface area contributed by atoms with Crippen LogP contribution in [0.3, 0.4) is 0 Å². The van der Waals surface area contributed by atoms with Gasteiger partial charge in [-0.3, -0.25) is 4.90 Å². The second-order valence-electron chi connectivity index (χ2n) is 8.95. The fourth-order valence-corrected chi connectivity index (χ4v) is 5.48. The van der Waals surface area contributed by atoms with Crippen molar-refractivity contribution in [3.8, 4) is 0 Å². The highest BCUT2D eigenvalue weighted by atomic mass is 31.1. The maximum absolute atomic E-state index is 13.0. The summed E-state index contributed by atoms with van der Waals surface area (Å²) in [5.74, 6) is 0.0130. The quantitative estimate of drug-likeness (QED) is 0.614. The molecule has 6 nitrogen and oxygen atoms in total. The largest absolute Gasteiger partial charge is 0.444 e. The SMILES string of the molecule is COC[P+](=O)C1OC(C)(C)N(C(=O)OC(C)(C)C)C1CC1CCCCC1. The fourth-order valence-electron chi connectivity index (χ4n) is 4.06. The van der Waals surface area contributed by atoms with E-state index in [0.717, 1.165) is 19.3 Å². The Morgan fingerprint density at radius 1 is 1.23 bits per heavy atom. The minimum atomic E-state index is -1.73. The van der Waals surface area contributed by atoms with Crippen LogP contribution in [-0.2, 0) is 18.8 Å². The molecule has 1 amide bonds. The molecule has 3 unspecified atom stereocenters. The first-order valence-corrected chi connectivity index (χ1v) is 11.2. The van der Waals surface area contributed by atoms with E-state index in [0.29, 0.717) is 5.92 Å². The first-order chi connectivity index (χ1) is 12.0. The maximum atomic E-state index is 13.0. The Balaban J connectivity index is 2.26. The molecule has 0 N–H and O–H groups in total. The molecule has 0 aromatic carbocycles. The van der Waals surface area contributed by atoms with E-state index >= 15 is 0 Å². The number of methoxy groups -OCH3 is 1. The van der Waals surface area contributed by atoms with E-state index < -0.39 is 31.1 Å². The predicted octanol–water partition coefficient (Wildman–Crippen LogP) is 5.09. The molecule has 0 radical (unpaired) electrons. The fraction of sp³-hybridized carbons (Fsp3) is 0.947. The smallest absolute Gasteiger partial charge is 0.413 e.